The molecular weight excluding hydrogens is 283 g/mol. The van der Waals surface area contributed by atoms with Crippen LogP contribution in [0.4, 0.5) is 0 Å². The van der Waals surface area contributed by atoms with Crippen molar-refractivity contribution in [2.75, 3.05) is 0 Å². The van der Waals surface area contributed by atoms with Gasteiger partial charge in [-0.3, -0.25) is 0 Å². The molecule has 0 unspecified atom stereocenters. The Balaban J connectivity index is 0. The maximum Gasteiger partial charge on any atom is 0 e. The second kappa shape index (κ2) is 42.1. The van der Waals surface area contributed by atoms with Crippen LogP contribution in [-0.2, 0) is 37.5 Å². The summed E-state index contributed by atoms with van der Waals surface area (Å²) in [6, 6.07) is 0. The SMILES string of the molecule is [La].[Mo].[O-2].[O-2].[O-2]. The maximum absolute atomic E-state index is 0. The zero-order chi connectivity index (χ0) is 0. The Morgan fingerprint density at radius 1 is 0.600 bits per heavy atom. The molecule has 0 heterocycles. The van der Waals surface area contributed by atoms with Crippen molar-refractivity contribution in [3.8, 4) is 0 Å². The van der Waals surface area contributed by atoms with Gasteiger partial charge in [0.15, 0.2) is 0 Å². The van der Waals surface area contributed by atoms with Gasteiger partial charge >= 0.3 is 0 Å². The minimum absolute atomic E-state index is 0. The van der Waals surface area contributed by atoms with Gasteiger partial charge in [-0.1, -0.05) is 0 Å². The zero-order valence-electron chi connectivity index (χ0n) is 2.21. The zero-order valence-corrected chi connectivity index (χ0v) is 7.84. The van der Waals surface area contributed by atoms with E-state index < -0.39 is 0 Å². The van der Waals surface area contributed by atoms with Crippen LogP contribution < -0.4 is 0 Å². The van der Waals surface area contributed by atoms with Gasteiger partial charge in [0.05, 0.1) is 0 Å². The molecule has 5 heavy (non-hydrogen) atoms. The Labute approximate surface area is 72.3 Å². The van der Waals surface area contributed by atoms with E-state index in [1.807, 2.05) is 0 Å². The summed E-state index contributed by atoms with van der Waals surface area (Å²) in [5, 5.41) is 0. The second-order valence-electron chi connectivity index (χ2n) is 0. The van der Waals surface area contributed by atoms with Crippen molar-refractivity contribution in [3.63, 3.8) is 0 Å². The second-order valence-corrected chi connectivity index (χ2v) is 0. The molecule has 0 amide bonds. The summed E-state index contributed by atoms with van der Waals surface area (Å²) < 4.78 is 0. The van der Waals surface area contributed by atoms with Crippen molar-refractivity contribution in [1.29, 1.82) is 0 Å². The van der Waals surface area contributed by atoms with Crippen LogP contribution >= 0.6 is 0 Å². The molecule has 0 aliphatic carbocycles. The Morgan fingerprint density at radius 2 is 0.600 bits per heavy atom. The standard InChI is InChI=1S/La.Mo.3O/q;;3*-2. The van der Waals surface area contributed by atoms with E-state index in [1.165, 1.54) is 0 Å². The summed E-state index contributed by atoms with van der Waals surface area (Å²) in [6.45, 7) is 0. The van der Waals surface area contributed by atoms with Crippen LogP contribution in [0.25, 0.3) is 0 Å². The van der Waals surface area contributed by atoms with Crippen LogP contribution in [0, 0.1) is 35.6 Å². The molecule has 0 aliphatic heterocycles. The summed E-state index contributed by atoms with van der Waals surface area (Å²) in [5.41, 5.74) is 0. The predicted molar refractivity (Wildman–Crippen MR) is 2.06 cm³/mol. The molecular formula is LaMoO3-6. The molecule has 0 bridgehead atoms. The first-order valence-electron chi connectivity index (χ1n) is 0. The third kappa shape index (κ3) is 26.3. The smallest absolute Gasteiger partial charge is 0 e. The Bertz CT molecular complexity index is 6.85. The Hall–Kier alpha value is 1.76. The molecule has 0 saturated carbocycles. The number of hydrogen-bond donors (Lipinski definition) is 0. The van der Waals surface area contributed by atoms with Crippen LogP contribution in [0.1, 0.15) is 0 Å². The van der Waals surface area contributed by atoms with E-state index in [0.717, 1.165) is 0 Å². The molecule has 33 valence electrons. The first-order chi connectivity index (χ1) is 0. The minimum atomic E-state index is 0. The fraction of sp³-hybridized carbons (Fsp3) is 0. The third-order valence-corrected chi connectivity index (χ3v) is 0. The van der Waals surface area contributed by atoms with E-state index in [2.05, 4.69) is 0 Å². The van der Waals surface area contributed by atoms with Crippen LogP contribution in [0.5, 0.6) is 0 Å². The molecule has 1 radical (unpaired) electrons. The first kappa shape index (κ1) is 72.3. The summed E-state index contributed by atoms with van der Waals surface area (Å²) in [5.74, 6) is 0. The van der Waals surface area contributed by atoms with E-state index in [0.29, 0.717) is 0 Å². The van der Waals surface area contributed by atoms with Crippen molar-refractivity contribution >= 4 is 0 Å². The van der Waals surface area contributed by atoms with Crippen molar-refractivity contribution in [1.82, 2.24) is 0 Å². The average molecular weight is 283 g/mol. The van der Waals surface area contributed by atoms with Crippen LogP contribution in [-0.4, -0.2) is 0 Å². The van der Waals surface area contributed by atoms with Gasteiger partial charge in [-0.05, 0) is 0 Å². The maximum atomic E-state index is 0. The molecule has 0 aromatic rings. The molecule has 0 aromatic heterocycles. The van der Waals surface area contributed by atoms with E-state index in [9.17, 15) is 0 Å². The molecule has 0 aliphatic rings. The van der Waals surface area contributed by atoms with Crippen molar-refractivity contribution < 1.29 is 73.1 Å². The van der Waals surface area contributed by atoms with Crippen molar-refractivity contribution in [2.24, 2.45) is 0 Å². The Kier molecular flexibility index (Phi) is 608. The normalized spacial score (nSPS) is 0. The van der Waals surface area contributed by atoms with E-state index >= 15 is 0 Å². The van der Waals surface area contributed by atoms with Crippen molar-refractivity contribution in [3.05, 3.63) is 0 Å². The van der Waals surface area contributed by atoms with Gasteiger partial charge in [-0.15, -0.1) is 0 Å². The fourth-order valence-corrected chi connectivity index (χ4v) is 0. The molecule has 0 aromatic carbocycles. The summed E-state index contributed by atoms with van der Waals surface area (Å²) >= 11 is 0. The van der Waals surface area contributed by atoms with Gasteiger partial charge in [0.25, 0.3) is 0 Å². The quantitative estimate of drug-likeness (QED) is 0.544. The topological polar surface area (TPSA) is 85.5 Å². The largest absolute Gasteiger partial charge is 2.00 e. The van der Waals surface area contributed by atoms with Crippen LogP contribution in [0.2, 0.25) is 0 Å². The molecule has 3 nitrogen and oxygen atoms in total. The number of rotatable bonds is 0. The van der Waals surface area contributed by atoms with E-state index in [1.54, 1.807) is 0 Å². The average Bonchev–Trinajstić information content (AvgIpc) is 0. The number of hydrogen-bond acceptors (Lipinski definition) is 0. The fourth-order valence-electron chi connectivity index (χ4n) is 0. The molecule has 0 N–H and O–H groups in total. The van der Waals surface area contributed by atoms with Gasteiger partial charge in [0.2, 0.25) is 0 Å². The van der Waals surface area contributed by atoms with E-state index in [4.69, 9.17) is 0 Å². The van der Waals surface area contributed by atoms with Gasteiger partial charge in [-0.2, -0.15) is 0 Å². The van der Waals surface area contributed by atoms with E-state index in [-0.39, 0.29) is 73.1 Å². The summed E-state index contributed by atoms with van der Waals surface area (Å²) in [6.07, 6.45) is 0. The Morgan fingerprint density at radius 3 is 0.600 bits per heavy atom. The summed E-state index contributed by atoms with van der Waals surface area (Å²) in [4.78, 5) is 0. The molecule has 0 atom stereocenters. The molecule has 0 spiro atoms. The molecule has 5 heteroatoms. The third-order valence-electron chi connectivity index (χ3n) is 0. The molecule has 0 rings (SSSR count). The predicted octanol–water partition coefficient (Wildman–Crippen LogP) is -0.359. The van der Waals surface area contributed by atoms with Gasteiger partial charge in [-0.25, -0.2) is 0 Å². The van der Waals surface area contributed by atoms with Gasteiger partial charge < -0.3 is 16.4 Å². The first-order valence-corrected chi connectivity index (χ1v) is 0. The molecule has 0 saturated heterocycles. The van der Waals surface area contributed by atoms with Gasteiger partial charge in [0, 0.05) is 56.7 Å². The minimum Gasteiger partial charge on any atom is -2.00 e. The monoisotopic (exact) mass is 285 g/mol. The summed E-state index contributed by atoms with van der Waals surface area (Å²) in [7, 11) is 0. The van der Waals surface area contributed by atoms with Crippen molar-refractivity contribution in [2.45, 2.75) is 0 Å². The van der Waals surface area contributed by atoms with Gasteiger partial charge in [0.1, 0.15) is 0 Å². The van der Waals surface area contributed by atoms with Crippen LogP contribution in [0.3, 0.4) is 0 Å². The van der Waals surface area contributed by atoms with Crippen LogP contribution in [0.15, 0.2) is 0 Å². The molecule has 0 fully saturated rings.